The van der Waals surface area contributed by atoms with Crippen LogP contribution in [0.3, 0.4) is 0 Å². The highest BCUT2D eigenvalue weighted by atomic mass is 35.5. The molecule has 0 fully saturated rings. The molecule has 4 aromatic rings. The molecule has 2 atom stereocenters. The summed E-state index contributed by atoms with van der Waals surface area (Å²) in [5, 5.41) is 14.6. The van der Waals surface area contributed by atoms with Crippen LogP contribution in [0, 0.1) is 0 Å². The Hall–Kier alpha value is -3.25. The van der Waals surface area contributed by atoms with Gasteiger partial charge in [-0.05, 0) is 19.4 Å². The second-order valence-electron chi connectivity index (χ2n) is 7.72. The molecule has 1 unspecified atom stereocenters. The Labute approximate surface area is 193 Å². The number of carbonyl (C=O) groups excluding carboxylic acids is 1. The van der Waals surface area contributed by atoms with E-state index in [0.717, 1.165) is 11.4 Å². The third-order valence-corrected chi connectivity index (χ3v) is 6.09. The van der Waals surface area contributed by atoms with Crippen LogP contribution >= 0.6 is 23.2 Å². The number of anilines is 1. The standard InChI is InChI=1S/C19H13Cl2F3N8O/c1-18(19(22,23)24)6-10(11-8-25-14-5-13(21)30-31(14)15(11)18)17(33)29-9-4-12(20)16(26-7-9)32-27-2-3-28-32/h2-5,7-8,10H,6H2,1H3,(H,29,33)/t10?,18-/m1/s1. The lowest BCUT2D eigenvalue weighted by Crippen LogP contribution is -2.39. The predicted molar refractivity (Wildman–Crippen MR) is 112 cm³/mol. The third kappa shape index (κ3) is 3.40. The van der Waals surface area contributed by atoms with E-state index in [2.05, 4.69) is 30.6 Å². The van der Waals surface area contributed by atoms with Crippen LogP contribution in [0.4, 0.5) is 18.9 Å². The highest BCUT2D eigenvalue weighted by Gasteiger charge is 2.60. The van der Waals surface area contributed by atoms with Crippen molar-refractivity contribution in [3.05, 3.63) is 58.4 Å². The monoisotopic (exact) mass is 496 g/mol. The summed E-state index contributed by atoms with van der Waals surface area (Å²) in [7, 11) is 0. The van der Waals surface area contributed by atoms with E-state index in [1.54, 1.807) is 0 Å². The first-order chi connectivity index (χ1) is 15.6. The number of nitrogens with one attached hydrogen (secondary N) is 1. The van der Waals surface area contributed by atoms with Crippen LogP contribution < -0.4 is 5.32 Å². The Morgan fingerprint density at radius 1 is 1.18 bits per heavy atom. The molecule has 170 valence electrons. The van der Waals surface area contributed by atoms with Crippen LogP contribution in [-0.4, -0.2) is 46.7 Å². The van der Waals surface area contributed by atoms with Gasteiger partial charge in [0.2, 0.25) is 5.91 Å². The Morgan fingerprint density at radius 3 is 2.58 bits per heavy atom. The summed E-state index contributed by atoms with van der Waals surface area (Å²) in [6, 6.07) is 2.77. The molecule has 14 heteroatoms. The number of hydrogen-bond donors (Lipinski definition) is 1. The number of aromatic nitrogens is 7. The largest absolute Gasteiger partial charge is 0.399 e. The molecule has 0 spiro atoms. The van der Waals surface area contributed by atoms with E-state index in [9.17, 15) is 18.0 Å². The van der Waals surface area contributed by atoms with E-state index in [1.807, 2.05) is 0 Å². The lowest BCUT2D eigenvalue weighted by Gasteiger charge is -2.28. The van der Waals surface area contributed by atoms with Crippen LogP contribution in [0.25, 0.3) is 11.5 Å². The minimum Gasteiger partial charge on any atom is -0.324 e. The van der Waals surface area contributed by atoms with E-state index in [4.69, 9.17) is 23.2 Å². The van der Waals surface area contributed by atoms with Gasteiger partial charge in [0.25, 0.3) is 0 Å². The third-order valence-electron chi connectivity index (χ3n) is 5.63. The van der Waals surface area contributed by atoms with Gasteiger partial charge < -0.3 is 5.32 Å². The van der Waals surface area contributed by atoms with Crippen LogP contribution in [0.1, 0.15) is 30.5 Å². The van der Waals surface area contributed by atoms with Crippen molar-refractivity contribution in [3.8, 4) is 5.82 Å². The number of carbonyl (C=O) groups is 1. The van der Waals surface area contributed by atoms with Gasteiger partial charge in [0.1, 0.15) is 5.41 Å². The number of amides is 1. The van der Waals surface area contributed by atoms with E-state index in [1.165, 1.54) is 41.7 Å². The molecule has 0 saturated heterocycles. The molecule has 4 heterocycles. The smallest absolute Gasteiger partial charge is 0.324 e. The molecule has 0 aromatic carbocycles. The molecule has 1 aliphatic carbocycles. The molecule has 9 nitrogen and oxygen atoms in total. The fraction of sp³-hybridized carbons (Fsp3) is 0.263. The van der Waals surface area contributed by atoms with Crippen molar-refractivity contribution < 1.29 is 18.0 Å². The van der Waals surface area contributed by atoms with Gasteiger partial charge in [-0.25, -0.2) is 14.5 Å². The SMILES string of the molecule is C[C@@]1(C(F)(F)F)CC(C(=O)Nc2cnc(-n3nccn3)c(Cl)c2)c2cnc3cc(Cl)nn3c21. The number of halogens is 5. The summed E-state index contributed by atoms with van der Waals surface area (Å²) in [6.45, 7) is 1.04. The van der Waals surface area contributed by atoms with Gasteiger partial charge in [-0.3, -0.25) is 4.79 Å². The van der Waals surface area contributed by atoms with Gasteiger partial charge in [-0.2, -0.15) is 28.5 Å². The minimum atomic E-state index is -4.65. The molecular weight excluding hydrogens is 484 g/mol. The topological polar surface area (TPSA) is 103 Å². The maximum Gasteiger partial charge on any atom is 0.399 e. The van der Waals surface area contributed by atoms with E-state index in [-0.39, 0.29) is 38.6 Å². The normalized spacial score (nSPS) is 20.2. The number of rotatable bonds is 3. The van der Waals surface area contributed by atoms with Crippen molar-refractivity contribution in [1.29, 1.82) is 0 Å². The lowest BCUT2D eigenvalue weighted by molar-refractivity contribution is -0.187. The van der Waals surface area contributed by atoms with Gasteiger partial charge in [-0.15, -0.1) is 4.80 Å². The second-order valence-corrected chi connectivity index (χ2v) is 8.52. The molecule has 0 aliphatic heterocycles. The highest BCUT2D eigenvalue weighted by molar-refractivity contribution is 6.32. The summed E-state index contributed by atoms with van der Waals surface area (Å²) in [5.74, 6) is -1.57. The van der Waals surface area contributed by atoms with Crippen molar-refractivity contribution >= 4 is 40.4 Å². The molecular formula is C19H13Cl2F3N8O. The van der Waals surface area contributed by atoms with Crippen LogP contribution in [0.2, 0.25) is 10.2 Å². The minimum absolute atomic E-state index is 0.000744. The van der Waals surface area contributed by atoms with E-state index >= 15 is 0 Å². The molecule has 4 aromatic heterocycles. The quantitative estimate of drug-likeness (QED) is 0.460. The van der Waals surface area contributed by atoms with Gasteiger partial charge in [0.15, 0.2) is 16.6 Å². The number of alkyl halides is 3. The first-order valence-corrected chi connectivity index (χ1v) is 10.3. The molecule has 33 heavy (non-hydrogen) atoms. The molecule has 1 aliphatic rings. The number of nitrogens with zero attached hydrogens (tertiary/aromatic N) is 7. The maximum atomic E-state index is 14.2. The highest BCUT2D eigenvalue weighted by Crippen LogP contribution is 2.54. The number of fused-ring (bicyclic) bond motifs is 3. The maximum absolute atomic E-state index is 14.2. The summed E-state index contributed by atoms with van der Waals surface area (Å²) in [4.78, 5) is 22.6. The van der Waals surface area contributed by atoms with Crippen molar-refractivity contribution in [2.45, 2.75) is 30.9 Å². The summed E-state index contributed by atoms with van der Waals surface area (Å²) in [5.41, 5.74) is -2.01. The Kier molecular flexibility index (Phi) is 4.83. The van der Waals surface area contributed by atoms with Gasteiger partial charge in [-0.1, -0.05) is 23.2 Å². The van der Waals surface area contributed by atoms with Crippen LogP contribution in [0.5, 0.6) is 0 Å². The Morgan fingerprint density at radius 2 is 1.91 bits per heavy atom. The Balaban J connectivity index is 1.51. The van der Waals surface area contributed by atoms with E-state index < -0.39 is 29.8 Å². The lowest BCUT2D eigenvalue weighted by atomic mass is 9.85. The van der Waals surface area contributed by atoms with Crippen molar-refractivity contribution in [2.75, 3.05) is 5.32 Å². The van der Waals surface area contributed by atoms with Gasteiger partial charge >= 0.3 is 6.18 Å². The first kappa shape index (κ1) is 21.6. The van der Waals surface area contributed by atoms with Crippen LogP contribution in [-0.2, 0) is 10.2 Å². The summed E-state index contributed by atoms with van der Waals surface area (Å²) < 4.78 is 43.6. The average Bonchev–Trinajstić information content (AvgIpc) is 3.45. The van der Waals surface area contributed by atoms with Crippen molar-refractivity contribution in [3.63, 3.8) is 0 Å². The zero-order chi connectivity index (χ0) is 23.5. The first-order valence-electron chi connectivity index (χ1n) is 9.53. The average molecular weight is 497 g/mol. The Bertz CT molecular complexity index is 1390. The zero-order valence-corrected chi connectivity index (χ0v) is 18.2. The van der Waals surface area contributed by atoms with Gasteiger partial charge in [0.05, 0.1) is 40.9 Å². The van der Waals surface area contributed by atoms with Crippen molar-refractivity contribution in [1.82, 2.24) is 34.6 Å². The molecule has 5 rings (SSSR count). The molecule has 0 bridgehead atoms. The number of pyridine rings is 1. The molecule has 1 N–H and O–H groups in total. The van der Waals surface area contributed by atoms with Crippen LogP contribution in [0.15, 0.2) is 36.9 Å². The fourth-order valence-electron chi connectivity index (χ4n) is 4.03. The molecule has 1 amide bonds. The second kappa shape index (κ2) is 7.39. The summed E-state index contributed by atoms with van der Waals surface area (Å²) >= 11 is 12.1. The van der Waals surface area contributed by atoms with E-state index in [0.29, 0.717) is 0 Å². The number of hydrogen-bond acceptors (Lipinski definition) is 6. The summed E-state index contributed by atoms with van der Waals surface area (Å²) in [6.07, 6.45) is 0.304. The van der Waals surface area contributed by atoms with Crippen molar-refractivity contribution in [2.24, 2.45) is 0 Å². The fourth-order valence-corrected chi connectivity index (χ4v) is 4.44. The predicted octanol–water partition coefficient (Wildman–Crippen LogP) is 3.96. The molecule has 0 saturated carbocycles. The zero-order valence-electron chi connectivity index (χ0n) is 16.7. The van der Waals surface area contributed by atoms with Gasteiger partial charge in [0, 0.05) is 17.8 Å². The molecule has 0 radical (unpaired) electrons.